The quantitative estimate of drug-likeness (QED) is 0.546. The molecule has 0 bridgehead atoms. The standard InChI is InChI=1S/C11H20BrN/c1-3-4-7-13-8-5-11(6-9-13)10(2)12/h3-4,10-11H,5-9H2,1-2H3/b4-3+. The first-order chi connectivity index (χ1) is 6.24. The van der Waals surface area contributed by atoms with Crippen LogP contribution in [0.5, 0.6) is 0 Å². The molecule has 0 aromatic carbocycles. The van der Waals surface area contributed by atoms with Crippen LogP contribution in [0.25, 0.3) is 0 Å². The van der Waals surface area contributed by atoms with Gasteiger partial charge in [-0.3, -0.25) is 4.90 Å². The van der Waals surface area contributed by atoms with Crippen molar-refractivity contribution in [3.05, 3.63) is 12.2 Å². The number of hydrogen-bond donors (Lipinski definition) is 0. The van der Waals surface area contributed by atoms with Crippen molar-refractivity contribution in [3.8, 4) is 0 Å². The van der Waals surface area contributed by atoms with Gasteiger partial charge in [0.25, 0.3) is 0 Å². The van der Waals surface area contributed by atoms with Crippen LogP contribution in [0.2, 0.25) is 0 Å². The van der Waals surface area contributed by atoms with Crippen LogP contribution in [0.4, 0.5) is 0 Å². The molecule has 0 aromatic rings. The van der Waals surface area contributed by atoms with E-state index in [4.69, 9.17) is 0 Å². The Morgan fingerprint density at radius 2 is 2.08 bits per heavy atom. The van der Waals surface area contributed by atoms with E-state index in [1.807, 2.05) is 0 Å². The molecular weight excluding hydrogens is 226 g/mol. The van der Waals surface area contributed by atoms with Crippen LogP contribution in [0.15, 0.2) is 12.2 Å². The van der Waals surface area contributed by atoms with Gasteiger partial charge in [-0.25, -0.2) is 0 Å². The van der Waals surface area contributed by atoms with Gasteiger partial charge in [0.05, 0.1) is 0 Å². The first-order valence-electron chi connectivity index (χ1n) is 5.21. The second-order valence-electron chi connectivity index (χ2n) is 3.88. The van der Waals surface area contributed by atoms with E-state index in [9.17, 15) is 0 Å². The van der Waals surface area contributed by atoms with Crippen LogP contribution in [0.1, 0.15) is 26.7 Å². The largest absolute Gasteiger partial charge is 0.300 e. The maximum atomic E-state index is 3.68. The molecule has 13 heavy (non-hydrogen) atoms. The van der Waals surface area contributed by atoms with Crippen molar-refractivity contribution in [1.82, 2.24) is 4.90 Å². The van der Waals surface area contributed by atoms with Crippen molar-refractivity contribution in [2.75, 3.05) is 19.6 Å². The van der Waals surface area contributed by atoms with Gasteiger partial charge in [-0.15, -0.1) is 0 Å². The normalized spacial score (nSPS) is 23.9. The predicted octanol–water partition coefficient (Wildman–Crippen LogP) is 3.06. The van der Waals surface area contributed by atoms with Crippen LogP contribution in [0, 0.1) is 5.92 Å². The topological polar surface area (TPSA) is 3.24 Å². The predicted molar refractivity (Wildman–Crippen MR) is 62.4 cm³/mol. The van der Waals surface area contributed by atoms with Gasteiger partial charge in [-0.05, 0) is 38.8 Å². The Balaban J connectivity index is 2.22. The lowest BCUT2D eigenvalue weighted by molar-refractivity contribution is 0.202. The number of piperidine rings is 1. The number of nitrogens with zero attached hydrogens (tertiary/aromatic N) is 1. The summed E-state index contributed by atoms with van der Waals surface area (Å²) in [4.78, 5) is 3.22. The molecule has 1 heterocycles. The molecule has 0 aromatic heterocycles. The van der Waals surface area contributed by atoms with E-state index >= 15 is 0 Å². The highest BCUT2D eigenvalue weighted by atomic mass is 79.9. The molecule has 1 unspecified atom stereocenters. The van der Waals surface area contributed by atoms with E-state index in [1.165, 1.54) is 25.9 Å². The van der Waals surface area contributed by atoms with Crippen molar-refractivity contribution in [1.29, 1.82) is 0 Å². The third-order valence-electron chi connectivity index (χ3n) is 2.88. The molecule has 0 spiro atoms. The summed E-state index contributed by atoms with van der Waals surface area (Å²) in [6.45, 7) is 8.04. The first kappa shape index (κ1) is 11.3. The number of allylic oxidation sites excluding steroid dienone is 1. The zero-order valence-corrected chi connectivity index (χ0v) is 10.3. The Kier molecular flexibility index (Phi) is 5.04. The zero-order chi connectivity index (χ0) is 9.68. The molecular formula is C11H20BrN. The van der Waals surface area contributed by atoms with Crippen molar-refractivity contribution >= 4 is 15.9 Å². The fourth-order valence-corrected chi connectivity index (χ4v) is 2.38. The average Bonchev–Trinajstić information content (AvgIpc) is 2.15. The van der Waals surface area contributed by atoms with Gasteiger partial charge in [0.15, 0.2) is 0 Å². The molecule has 1 rings (SSSR count). The lowest BCUT2D eigenvalue weighted by atomic mass is 9.94. The Morgan fingerprint density at radius 1 is 1.46 bits per heavy atom. The highest BCUT2D eigenvalue weighted by Crippen LogP contribution is 2.24. The number of hydrogen-bond acceptors (Lipinski definition) is 1. The minimum atomic E-state index is 0.691. The summed E-state index contributed by atoms with van der Waals surface area (Å²) in [6.07, 6.45) is 7.09. The van der Waals surface area contributed by atoms with Crippen LogP contribution in [-0.4, -0.2) is 29.4 Å². The highest BCUT2D eigenvalue weighted by molar-refractivity contribution is 9.09. The Labute approximate surface area is 90.3 Å². The second-order valence-corrected chi connectivity index (χ2v) is 5.33. The molecule has 0 saturated carbocycles. The monoisotopic (exact) mass is 245 g/mol. The summed E-state index contributed by atoms with van der Waals surface area (Å²) in [6, 6.07) is 0. The van der Waals surface area contributed by atoms with Gasteiger partial charge in [0, 0.05) is 11.4 Å². The molecule has 0 radical (unpaired) electrons. The zero-order valence-electron chi connectivity index (χ0n) is 8.67. The number of likely N-dealkylation sites (tertiary alicyclic amines) is 1. The fourth-order valence-electron chi connectivity index (χ4n) is 1.85. The van der Waals surface area contributed by atoms with Gasteiger partial charge in [0.2, 0.25) is 0 Å². The van der Waals surface area contributed by atoms with Gasteiger partial charge >= 0.3 is 0 Å². The molecule has 0 amide bonds. The molecule has 76 valence electrons. The lowest BCUT2D eigenvalue weighted by Gasteiger charge is -2.32. The fraction of sp³-hybridized carbons (Fsp3) is 0.818. The Bertz CT molecular complexity index is 157. The smallest absolute Gasteiger partial charge is 0.0163 e. The summed E-state index contributed by atoms with van der Waals surface area (Å²) in [5.74, 6) is 0.891. The maximum absolute atomic E-state index is 3.68. The van der Waals surface area contributed by atoms with Gasteiger partial charge in [-0.1, -0.05) is 35.0 Å². The van der Waals surface area contributed by atoms with E-state index in [2.05, 4.69) is 46.8 Å². The SMILES string of the molecule is C/C=C/CN1CCC(C(C)Br)CC1. The van der Waals surface area contributed by atoms with E-state index < -0.39 is 0 Å². The summed E-state index contributed by atoms with van der Waals surface area (Å²) in [5.41, 5.74) is 0. The van der Waals surface area contributed by atoms with Crippen molar-refractivity contribution in [2.24, 2.45) is 5.92 Å². The molecule has 0 N–H and O–H groups in total. The summed E-state index contributed by atoms with van der Waals surface area (Å²) in [7, 11) is 0. The van der Waals surface area contributed by atoms with Crippen molar-refractivity contribution in [2.45, 2.75) is 31.5 Å². The summed E-state index contributed by atoms with van der Waals surface area (Å²) < 4.78 is 0. The Hall–Kier alpha value is 0.180. The van der Waals surface area contributed by atoms with Crippen LogP contribution in [-0.2, 0) is 0 Å². The molecule has 1 atom stereocenters. The maximum Gasteiger partial charge on any atom is 0.0163 e. The van der Waals surface area contributed by atoms with Gasteiger partial charge in [0.1, 0.15) is 0 Å². The average molecular weight is 246 g/mol. The van der Waals surface area contributed by atoms with Gasteiger partial charge in [-0.2, -0.15) is 0 Å². The van der Waals surface area contributed by atoms with Crippen LogP contribution in [0.3, 0.4) is 0 Å². The minimum absolute atomic E-state index is 0.691. The Morgan fingerprint density at radius 3 is 2.54 bits per heavy atom. The summed E-state index contributed by atoms with van der Waals surface area (Å²) in [5, 5.41) is 0. The summed E-state index contributed by atoms with van der Waals surface area (Å²) >= 11 is 3.68. The third kappa shape index (κ3) is 3.82. The first-order valence-corrected chi connectivity index (χ1v) is 6.13. The molecule has 0 aliphatic carbocycles. The van der Waals surface area contributed by atoms with E-state index in [0.29, 0.717) is 4.83 Å². The van der Waals surface area contributed by atoms with E-state index in [1.54, 1.807) is 0 Å². The molecule has 1 nitrogen and oxygen atoms in total. The second kappa shape index (κ2) is 5.82. The van der Waals surface area contributed by atoms with Crippen molar-refractivity contribution < 1.29 is 0 Å². The van der Waals surface area contributed by atoms with E-state index in [0.717, 1.165) is 12.5 Å². The molecule has 1 aliphatic rings. The lowest BCUT2D eigenvalue weighted by Crippen LogP contribution is -2.35. The number of halogens is 1. The molecule has 1 fully saturated rings. The molecule has 1 saturated heterocycles. The number of alkyl halides is 1. The third-order valence-corrected chi connectivity index (χ3v) is 3.63. The molecule has 2 heteroatoms. The highest BCUT2D eigenvalue weighted by Gasteiger charge is 2.21. The van der Waals surface area contributed by atoms with Gasteiger partial charge < -0.3 is 0 Å². The minimum Gasteiger partial charge on any atom is -0.300 e. The van der Waals surface area contributed by atoms with Crippen molar-refractivity contribution in [3.63, 3.8) is 0 Å². The number of rotatable bonds is 3. The molecule has 1 aliphatic heterocycles. The van der Waals surface area contributed by atoms with Crippen LogP contribution >= 0.6 is 15.9 Å². The van der Waals surface area contributed by atoms with E-state index in [-0.39, 0.29) is 0 Å². The van der Waals surface area contributed by atoms with Crippen LogP contribution < -0.4 is 0 Å².